The molecular formula is C30H36FN5O2. The van der Waals surface area contributed by atoms with E-state index < -0.39 is 11.9 Å². The topological polar surface area (TPSA) is 102 Å². The van der Waals surface area contributed by atoms with Crippen LogP contribution in [0.3, 0.4) is 0 Å². The summed E-state index contributed by atoms with van der Waals surface area (Å²) in [6.07, 6.45) is 7.05. The van der Waals surface area contributed by atoms with E-state index in [0.29, 0.717) is 30.1 Å². The number of nitrogens with two attached hydrogens (primary N) is 1. The summed E-state index contributed by atoms with van der Waals surface area (Å²) in [6, 6.07) is 15.7. The Kier molecular flexibility index (Phi) is 8.06. The molecule has 2 amide bonds. The van der Waals surface area contributed by atoms with E-state index in [9.17, 15) is 14.0 Å². The molecule has 3 aliphatic rings. The molecule has 1 aliphatic heterocycles. The number of hydrogen-bond donors (Lipinski definition) is 2. The number of likely N-dealkylation sites (tertiary alicyclic amines) is 1. The Morgan fingerprint density at radius 1 is 0.974 bits per heavy atom. The monoisotopic (exact) mass is 517 g/mol. The zero-order valence-electron chi connectivity index (χ0n) is 21.7. The van der Waals surface area contributed by atoms with Crippen molar-refractivity contribution in [1.82, 2.24) is 15.1 Å². The molecule has 2 aromatic carbocycles. The molecule has 2 aromatic rings. The smallest absolute Gasteiger partial charge is 0.254 e. The number of rotatable bonds is 7. The highest BCUT2D eigenvalue weighted by Gasteiger charge is 2.42. The van der Waals surface area contributed by atoms with Gasteiger partial charge in [-0.15, -0.1) is 0 Å². The zero-order valence-corrected chi connectivity index (χ0v) is 21.7. The Morgan fingerprint density at radius 3 is 2.29 bits per heavy atom. The summed E-state index contributed by atoms with van der Waals surface area (Å²) in [5.74, 6) is -0.744. The molecule has 3 N–H and O–H groups in total. The third kappa shape index (κ3) is 6.23. The van der Waals surface area contributed by atoms with Crippen molar-refractivity contribution in [1.29, 1.82) is 5.26 Å². The van der Waals surface area contributed by atoms with Gasteiger partial charge >= 0.3 is 0 Å². The number of halogens is 1. The van der Waals surface area contributed by atoms with Crippen LogP contribution in [-0.2, 0) is 11.3 Å². The van der Waals surface area contributed by atoms with E-state index >= 15 is 0 Å². The van der Waals surface area contributed by atoms with Crippen molar-refractivity contribution in [3.8, 4) is 6.07 Å². The van der Waals surface area contributed by atoms with Gasteiger partial charge in [0.05, 0.1) is 11.6 Å². The third-order valence-corrected chi connectivity index (χ3v) is 8.28. The molecule has 0 bridgehead atoms. The molecule has 1 heterocycles. The van der Waals surface area contributed by atoms with Gasteiger partial charge in [0, 0.05) is 42.8 Å². The highest BCUT2D eigenvalue weighted by molar-refractivity contribution is 5.97. The predicted octanol–water partition coefficient (Wildman–Crippen LogP) is 3.72. The minimum atomic E-state index is -0.593. The van der Waals surface area contributed by atoms with Crippen LogP contribution in [-0.4, -0.2) is 58.4 Å². The van der Waals surface area contributed by atoms with Crippen molar-refractivity contribution in [3.05, 3.63) is 71.0 Å². The Bertz CT molecular complexity index is 1170. The molecule has 2 saturated carbocycles. The second-order valence-corrected chi connectivity index (χ2v) is 11.0. The van der Waals surface area contributed by atoms with Crippen molar-refractivity contribution in [2.24, 2.45) is 5.73 Å². The number of benzene rings is 2. The van der Waals surface area contributed by atoms with E-state index in [1.54, 1.807) is 4.90 Å². The summed E-state index contributed by atoms with van der Waals surface area (Å²) in [4.78, 5) is 31.4. The van der Waals surface area contributed by atoms with Gasteiger partial charge in [0.1, 0.15) is 11.9 Å². The van der Waals surface area contributed by atoms with Crippen LogP contribution in [0.1, 0.15) is 72.9 Å². The van der Waals surface area contributed by atoms with Gasteiger partial charge in [-0.25, -0.2) is 4.39 Å². The van der Waals surface area contributed by atoms with Crippen LogP contribution >= 0.6 is 0 Å². The van der Waals surface area contributed by atoms with Gasteiger partial charge in [-0.1, -0.05) is 12.1 Å². The van der Waals surface area contributed by atoms with Crippen LogP contribution in [0.15, 0.2) is 48.5 Å². The maximum atomic E-state index is 13.7. The van der Waals surface area contributed by atoms with Crippen molar-refractivity contribution in [2.45, 2.75) is 88.1 Å². The lowest BCUT2D eigenvalue weighted by Gasteiger charge is -2.43. The molecule has 38 heavy (non-hydrogen) atoms. The summed E-state index contributed by atoms with van der Waals surface area (Å²) in [5, 5.41) is 12.4. The first-order valence-electron chi connectivity index (χ1n) is 13.8. The third-order valence-electron chi connectivity index (χ3n) is 8.28. The van der Waals surface area contributed by atoms with Gasteiger partial charge in [0.25, 0.3) is 5.91 Å². The molecule has 3 fully saturated rings. The van der Waals surface area contributed by atoms with Crippen LogP contribution < -0.4 is 11.1 Å². The van der Waals surface area contributed by atoms with Crippen LogP contribution in [0.5, 0.6) is 0 Å². The second-order valence-electron chi connectivity index (χ2n) is 11.0. The summed E-state index contributed by atoms with van der Waals surface area (Å²) in [6.45, 7) is 1.22. The summed E-state index contributed by atoms with van der Waals surface area (Å²) >= 11 is 0. The number of carbonyl (C=O) groups excluding carboxylic acids is 2. The number of nitriles is 1. The fraction of sp³-hybridized carbons (Fsp3) is 0.500. The molecule has 8 heteroatoms. The van der Waals surface area contributed by atoms with Crippen molar-refractivity contribution in [3.63, 3.8) is 0 Å². The first-order chi connectivity index (χ1) is 18.4. The van der Waals surface area contributed by atoms with Crippen molar-refractivity contribution in [2.75, 3.05) is 6.54 Å². The molecule has 7 nitrogen and oxygen atoms in total. The minimum absolute atomic E-state index is 0.0728. The molecule has 0 aromatic heterocycles. The van der Waals surface area contributed by atoms with Crippen molar-refractivity contribution < 1.29 is 14.0 Å². The highest BCUT2D eigenvalue weighted by Crippen LogP contribution is 2.35. The van der Waals surface area contributed by atoms with Crippen LogP contribution in [0.4, 0.5) is 4.39 Å². The quantitative estimate of drug-likeness (QED) is 0.583. The first-order valence-corrected chi connectivity index (χ1v) is 13.8. The Morgan fingerprint density at radius 2 is 1.66 bits per heavy atom. The molecule has 0 radical (unpaired) electrons. The number of nitrogens with one attached hydrogen (secondary N) is 1. The summed E-state index contributed by atoms with van der Waals surface area (Å²) in [7, 11) is 0. The lowest BCUT2D eigenvalue weighted by molar-refractivity contribution is -0.128. The molecule has 2 atom stereocenters. The molecule has 1 unspecified atom stereocenters. The molecule has 2 aliphatic carbocycles. The van der Waals surface area contributed by atoms with Crippen LogP contribution in [0, 0.1) is 17.1 Å². The number of carbonyl (C=O) groups is 2. The van der Waals surface area contributed by atoms with Gasteiger partial charge in [0.15, 0.2) is 0 Å². The predicted molar refractivity (Wildman–Crippen MR) is 142 cm³/mol. The number of amides is 2. The number of piperidine rings is 1. The average Bonchev–Trinajstić information content (AvgIpc) is 3.78. The molecule has 200 valence electrons. The standard InChI is InChI=1S/C30H36FN5O2/c31-23-7-5-22(6-8-23)30(38)35-16-15-27(17-28(35)29(37)34-25-11-9-24(33)10-12-25)36(26-13-14-26)19-21-3-1-20(18-32)2-4-21/h1-8,24-28H,9-17,19,33H2,(H,34,37)/t24?,25?,27?,28-/m1/s1. The largest absolute Gasteiger partial charge is 0.352 e. The average molecular weight is 518 g/mol. The Balaban J connectivity index is 1.34. The van der Waals surface area contributed by atoms with Crippen molar-refractivity contribution >= 4 is 11.8 Å². The molecule has 0 spiro atoms. The van der Waals surface area contributed by atoms with Crippen LogP contribution in [0.25, 0.3) is 0 Å². The van der Waals surface area contributed by atoms with Gasteiger partial charge in [-0.05, 0) is 93.3 Å². The normalized spacial score (nSPS) is 25.6. The van der Waals surface area contributed by atoms with E-state index in [1.807, 2.05) is 24.3 Å². The fourth-order valence-electron chi connectivity index (χ4n) is 5.92. The Hall–Kier alpha value is -3.28. The van der Waals surface area contributed by atoms with Gasteiger partial charge in [0.2, 0.25) is 5.91 Å². The first kappa shape index (κ1) is 26.3. The summed E-state index contributed by atoms with van der Waals surface area (Å²) in [5.41, 5.74) is 8.23. The van der Waals surface area contributed by atoms with E-state index in [0.717, 1.165) is 57.1 Å². The maximum absolute atomic E-state index is 13.7. The van der Waals surface area contributed by atoms with Gasteiger partial charge < -0.3 is 16.0 Å². The zero-order chi connectivity index (χ0) is 26.6. The fourth-order valence-corrected chi connectivity index (χ4v) is 5.92. The van der Waals surface area contributed by atoms with Gasteiger partial charge in [-0.3, -0.25) is 14.5 Å². The lowest BCUT2D eigenvalue weighted by Crippen LogP contribution is -2.58. The van der Waals surface area contributed by atoms with Crippen LogP contribution in [0.2, 0.25) is 0 Å². The maximum Gasteiger partial charge on any atom is 0.254 e. The van der Waals surface area contributed by atoms with Gasteiger partial charge in [-0.2, -0.15) is 5.26 Å². The number of nitrogens with zero attached hydrogens (tertiary/aromatic N) is 3. The van der Waals surface area contributed by atoms with E-state index in [-0.39, 0.29) is 29.9 Å². The van der Waals surface area contributed by atoms with E-state index in [1.165, 1.54) is 24.3 Å². The number of hydrogen-bond acceptors (Lipinski definition) is 5. The molecule has 5 rings (SSSR count). The minimum Gasteiger partial charge on any atom is -0.352 e. The van der Waals surface area contributed by atoms with E-state index in [2.05, 4.69) is 16.3 Å². The Labute approximate surface area is 223 Å². The van der Waals surface area contributed by atoms with E-state index in [4.69, 9.17) is 11.0 Å². The molecule has 1 saturated heterocycles. The SMILES string of the molecule is N#Cc1ccc(CN(C2CC2)C2CCN(C(=O)c3ccc(F)cc3)[C@@H](C(=O)NC3CCC(N)CC3)C2)cc1. The lowest BCUT2D eigenvalue weighted by atomic mass is 9.90. The highest BCUT2D eigenvalue weighted by atomic mass is 19.1. The second kappa shape index (κ2) is 11.6. The summed E-state index contributed by atoms with van der Waals surface area (Å²) < 4.78 is 13.5. The molecular weight excluding hydrogens is 481 g/mol.